The number of fused-ring (bicyclic) bond motifs is 1. The van der Waals surface area contributed by atoms with Gasteiger partial charge in [-0.3, -0.25) is 4.79 Å². The zero-order valence-corrected chi connectivity index (χ0v) is 14.8. The number of carbonyl (C=O) groups excluding carboxylic acids is 1. The predicted octanol–water partition coefficient (Wildman–Crippen LogP) is 3.94. The zero-order chi connectivity index (χ0) is 19.1. The second-order valence-electron chi connectivity index (χ2n) is 6.49. The van der Waals surface area contributed by atoms with E-state index in [0.29, 0.717) is 5.82 Å². The van der Waals surface area contributed by atoms with Gasteiger partial charge in [-0.1, -0.05) is 12.1 Å². The van der Waals surface area contributed by atoms with Crippen molar-refractivity contribution < 1.29 is 18.3 Å². The Bertz CT molecular complexity index is 1050. The molecular formula is C20H17F2N3O2. The summed E-state index contributed by atoms with van der Waals surface area (Å²) in [5.41, 5.74) is 2.76. The molecule has 3 aromatic rings. The summed E-state index contributed by atoms with van der Waals surface area (Å²) >= 11 is 0. The highest BCUT2D eigenvalue weighted by Crippen LogP contribution is 2.39. The van der Waals surface area contributed by atoms with Crippen LogP contribution < -0.4 is 10.1 Å². The minimum Gasteiger partial charge on any atom is -0.496 e. The lowest BCUT2D eigenvalue weighted by molar-refractivity contribution is -0.116. The van der Waals surface area contributed by atoms with Crippen LogP contribution in [0.2, 0.25) is 0 Å². The smallest absolute Gasteiger partial charge is 0.226 e. The van der Waals surface area contributed by atoms with Gasteiger partial charge >= 0.3 is 0 Å². The number of aromatic nitrogens is 2. The molecule has 0 bridgehead atoms. The first-order valence-electron chi connectivity index (χ1n) is 8.45. The van der Waals surface area contributed by atoms with Gasteiger partial charge in [0.2, 0.25) is 5.91 Å². The van der Waals surface area contributed by atoms with Crippen molar-refractivity contribution in [2.45, 2.75) is 19.3 Å². The molecular weight excluding hydrogens is 352 g/mol. The molecule has 0 saturated heterocycles. The van der Waals surface area contributed by atoms with Crippen LogP contribution in [0.3, 0.4) is 0 Å². The van der Waals surface area contributed by atoms with Crippen LogP contribution in [-0.2, 0) is 4.79 Å². The van der Waals surface area contributed by atoms with Gasteiger partial charge in [0.05, 0.1) is 13.3 Å². The largest absolute Gasteiger partial charge is 0.496 e. The molecule has 1 aromatic heterocycles. The lowest BCUT2D eigenvalue weighted by Crippen LogP contribution is -2.24. The van der Waals surface area contributed by atoms with Gasteiger partial charge in [-0.15, -0.1) is 0 Å². The maximum atomic E-state index is 14.2. The van der Waals surface area contributed by atoms with Crippen molar-refractivity contribution in [2.75, 3.05) is 12.4 Å². The second-order valence-corrected chi connectivity index (χ2v) is 6.49. The summed E-state index contributed by atoms with van der Waals surface area (Å²) in [6.45, 7) is 1.93. The van der Waals surface area contributed by atoms with E-state index in [4.69, 9.17) is 4.74 Å². The van der Waals surface area contributed by atoms with Gasteiger partial charge in [0.15, 0.2) is 5.82 Å². The topological polar surface area (TPSA) is 56.1 Å². The molecule has 4 rings (SSSR count). The number of carbonyl (C=O) groups is 1. The standard InChI is InChI=1S/C20H17F2N3O2/c1-11-7-12(3-6-18(11)27-2)14-9-19(26)24-20-15(14)10-23-25(20)17-5-4-13(21)8-16(17)22/h3-8,10,14H,9H2,1-2H3,(H,24,26). The quantitative estimate of drug-likeness (QED) is 0.761. The molecule has 1 N–H and O–H groups in total. The number of rotatable bonds is 3. The van der Waals surface area contributed by atoms with E-state index in [2.05, 4.69) is 10.4 Å². The third-order valence-corrected chi connectivity index (χ3v) is 4.78. The van der Waals surface area contributed by atoms with Crippen molar-refractivity contribution >= 4 is 11.7 Å². The molecule has 1 atom stereocenters. The van der Waals surface area contributed by atoms with E-state index in [9.17, 15) is 13.6 Å². The van der Waals surface area contributed by atoms with E-state index in [1.807, 2.05) is 25.1 Å². The van der Waals surface area contributed by atoms with Crippen molar-refractivity contribution in [1.29, 1.82) is 0 Å². The molecule has 0 fully saturated rings. The van der Waals surface area contributed by atoms with Crippen molar-refractivity contribution in [3.05, 3.63) is 70.9 Å². The van der Waals surface area contributed by atoms with Gasteiger partial charge in [0.25, 0.3) is 0 Å². The van der Waals surface area contributed by atoms with Crippen LogP contribution >= 0.6 is 0 Å². The van der Waals surface area contributed by atoms with Crippen LogP contribution in [0.4, 0.5) is 14.6 Å². The average Bonchev–Trinajstić information content (AvgIpc) is 3.04. The summed E-state index contributed by atoms with van der Waals surface area (Å²) in [6, 6.07) is 8.99. The average molecular weight is 369 g/mol. The number of halogens is 2. The first-order chi connectivity index (χ1) is 13.0. The van der Waals surface area contributed by atoms with Gasteiger partial charge in [-0.05, 0) is 36.2 Å². The Kier molecular flexibility index (Phi) is 4.14. The van der Waals surface area contributed by atoms with Crippen LogP contribution in [0.15, 0.2) is 42.6 Å². The molecule has 2 aromatic carbocycles. The monoisotopic (exact) mass is 369 g/mol. The maximum Gasteiger partial charge on any atom is 0.226 e. The van der Waals surface area contributed by atoms with Gasteiger partial charge in [-0.2, -0.15) is 5.10 Å². The number of hydrogen-bond donors (Lipinski definition) is 1. The van der Waals surface area contributed by atoms with E-state index in [1.165, 1.54) is 10.7 Å². The number of benzene rings is 2. The molecule has 1 amide bonds. The summed E-state index contributed by atoms with van der Waals surface area (Å²) in [5, 5.41) is 7.00. The fraction of sp³-hybridized carbons (Fsp3) is 0.200. The Labute approximate surface area is 154 Å². The lowest BCUT2D eigenvalue weighted by atomic mass is 9.86. The maximum absolute atomic E-state index is 14.2. The van der Waals surface area contributed by atoms with Crippen molar-refractivity contribution in [3.63, 3.8) is 0 Å². The van der Waals surface area contributed by atoms with E-state index in [0.717, 1.165) is 34.6 Å². The van der Waals surface area contributed by atoms with Crippen molar-refractivity contribution in [1.82, 2.24) is 9.78 Å². The molecule has 0 spiro atoms. The molecule has 7 heteroatoms. The van der Waals surface area contributed by atoms with Gasteiger partial charge in [0.1, 0.15) is 23.1 Å². The Morgan fingerprint density at radius 2 is 2.04 bits per heavy atom. The van der Waals surface area contributed by atoms with E-state index in [1.54, 1.807) is 13.3 Å². The number of nitrogens with one attached hydrogen (secondary N) is 1. The molecule has 138 valence electrons. The van der Waals surface area contributed by atoms with Gasteiger partial charge in [0, 0.05) is 24.0 Å². The summed E-state index contributed by atoms with van der Waals surface area (Å²) in [7, 11) is 1.61. The molecule has 2 heterocycles. The van der Waals surface area contributed by atoms with Crippen molar-refractivity contribution in [3.8, 4) is 11.4 Å². The number of nitrogens with zero attached hydrogens (tertiary/aromatic N) is 2. The number of amides is 1. The van der Waals surface area contributed by atoms with Crippen molar-refractivity contribution in [2.24, 2.45) is 0 Å². The Morgan fingerprint density at radius 1 is 1.22 bits per heavy atom. The Morgan fingerprint density at radius 3 is 2.74 bits per heavy atom. The molecule has 1 unspecified atom stereocenters. The van der Waals surface area contributed by atoms with E-state index < -0.39 is 11.6 Å². The minimum atomic E-state index is -0.752. The molecule has 0 radical (unpaired) electrons. The molecule has 0 aliphatic carbocycles. The SMILES string of the molecule is COc1ccc(C2CC(=O)Nc3c2cnn3-c2ccc(F)cc2F)cc1C. The van der Waals surface area contributed by atoms with Gasteiger partial charge < -0.3 is 10.1 Å². The zero-order valence-electron chi connectivity index (χ0n) is 14.8. The number of anilines is 1. The Hall–Kier alpha value is -3.22. The van der Waals surface area contributed by atoms with Gasteiger partial charge in [-0.25, -0.2) is 13.5 Å². The van der Waals surface area contributed by atoms with Crippen LogP contribution in [0.5, 0.6) is 5.75 Å². The predicted molar refractivity (Wildman–Crippen MR) is 96.3 cm³/mol. The third-order valence-electron chi connectivity index (χ3n) is 4.78. The summed E-state index contributed by atoms with van der Waals surface area (Å²) < 4.78 is 34.0. The third kappa shape index (κ3) is 2.95. The summed E-state index contributed by atoms with van der Waals surface area (Å²) in [6.07, 6.45) is 1.87. The molecule has 27 heavy (non-hydrogen) atoms. The number of ether oxygens (including phenoxy) is 1. The highest BCUT2D eigenvalue weighted by Gasteiger charge is 2.31. The molecule has 1 aliphatic rings. The van der Waals surface area contributed by atoms with Crippen LogP contribution in [0.25, 0.3) is 5.69 Å². The van der Waals surface area contributed by atoms with E-state index in [-0.39, 0.29) is 23.9 Å². The molecule has 1 aliphatic heterocycles. The second kappa shape index (κ2) is 6.50. The number of methoxy groups -OCH3 is 1. The number of hydrogen-bond acceptors (Lipinski definition) is 3. The van der Waals surface area contributed by atoms with Crippen LogP contribution in [-0.4, -0.2) is 22.8 Å². The lowest BCUT2D eigenvalue weighted by Gasteiger charge is -2.24. The summed E-state index contributed by atoms with van der Waals surface area (Å²) in [5.74, 6) is -0.662. The van der Waals surface area contributed by atoms with E-state index >= 15 is 0 Å². The normalized spacial score (nSPS) is 16.0. The summed E-state index contributed by atoms with van der Waals surface area (Å²) in [4.78, 5) is 12.3. The first-order valence-corrected chi connectivity index (χ1v) is 8.45. The van der Waals surface area contributed by atoms with Crippen LogP contribution in [0, 0.1) is 18.6 Å². The highest BCUT2D eigenvalue weighted by atomic mass is 19.1. The number of aryl methyl sites for hydroxylation is 1. The minimum absolute atomic E-state index is 0.0736. The fourth-order valence-corrected chi connectivity index (χ4v) is 3.47. The fourth-order valence-electron chi connectivity index (χ4n) is 3.47. The molecule has 5 nitrogen and oxygen atoms in total. The highest BCUT2D eigenvalue weighted by molar-refractivity contribution is 5.94. The first kappa shape index (κ1) is 17.2. The van der Waals surface area contributed by atoms with Crippen LogP contribution in [0.1, 0.15) is 29.0 Å². The molecule has 0 saturated carbocycles. The Balaban J connectivity index is 1.81.